The minimum atomic E-state index is 0.0586. The monoisotopic (exact) mass is 322 g/mol. The number of benzene rings is 2. The highest BCUT2D eigenvalue weighted by atomic mass is 16.1. The van der Waals surface area contributed by atoms with Crippen LogP contribution in [0.4, 0.5) is 0 Å². The topological polar surface area (TPSA) is 32.3 Å². The summed E-state index contributed by atoms with van der Waals surface area (Å²) in [5.41, 5.74) is 4.41. The number of hydrogen-bond donors (Lipinski definition) is 1. The summed E-state index contributed by atoms with van der Waals surface area (Å²) in [6, 6.07) is 16.9. The molecule has 1 heterocycles. The molecule has 1 aliphatic heterocycles. The third-order valence-electron chi connectivity index (χ3n) is 4.66. The molecule has 0 radical (unpaired) electrons. The third kappa shape index (κ3) is 4.45. The summed E-state index contributed by atoms with van der Waals surface area (Å²) in [6.45, 7) is 7.13. The molecule has 1 aliphatic rings. The zero-order chi connectivity index (χ0) is 16.9. The van der Waals surface area contributed by atoms with Gasteiger partial charge in [0.25, 0.3) is 5.91 Å². The smallest absolute Gasteiger partial charge is 0.251 e. The molecule has 24 heavy (non-hydrogen) atoms. The molecule has 3 nitrogen and oxygen atoms in total. The average Bonchev–Trinajstić information content (AvgIpc) is 2.57. The fourth-order valence-corrected chi connectivity index (χ4v) is 3.45. The standard InChI is InChI=1S/C21H26N2O/c1-16-12-17(2)14-19(13-16)21(24)22-20-8-10-23(11-9-20)15-18-6-4-3-5-7-18/h3-7,12-14,20H,8-11,15H2,1-2H3,(H,22,24). The maximum Gasteiger partial charge on any atom is 0.251 e. The molecule has 3 heteroatoms. The van der Waals surface area contributed by atoms with Crippen LogP contribution in [0.15, 0.2) is 48.5 Å². The van der Waals surface area contributed by atoms with Crippen LogP contribution >= 0.6 is 0 Å². The molecule has 1 N–H and O–H groups in total. The number of nitrogens with zero attached hydrogens (tertiary/aromatic N) is 1. The summed E-state index contributed by atoms with van der Waals surface area (Å²) < 4.78 is 0. The van der Waals surface area contributed by atoms with E-state index in [9.17, 15) is 4.79 Å². The van der Waals surface area contributed by atoms with E-state index in [2.05, 4.69) is 46.6 Å². The predicted molar refractivity (Wildman–Crippen MR) is 98.1 cm³/mol. The minimum absolute atomic E-state index is 0.0586. The van der Waals surface area contributed by atoms with Crippen molar-refractivity contribution >= 4 is 5.91 Å². The van der Waals surface area contributed by atoms with E-state index in [4.69, 9.17) is 0 Å². The first-order valence-electron chi connectivity index (χ1n) is 8.75. The Morgan fingerprint density at radius 1 is 1.04 bits per heavy atom. The number of rotatable bonds is 4. The third-order valence-corrected chi connectivity index (χ3v) is 4.66. The first-order valence-corrected chi connectivity index (χ1v) is 8.75. The fraction of sp³-hybridized carbons (Fsp3) is 0.381. The largest absolute Gasteiger partial charge is 0.349 e. The predicted octanol–water partition coefficient (Wildman–Crippen LogP) is 3.70. The van der Waals surface area contributed by atoms with Gasteiger partial charge < -0.3 is 5.32 Å². The van der Waals surface area contributed by atoms with Crippen LogP contribution < -0.4 is 5.32 Å². The number of piperidine rings is 1. The molecular weight excluding hydrogens is 296 g/mol. The zero-order valence-corrected chi connectivity index (χ0v) is 14.6. The van der Waals surface area contributed by atoms with Gasteiger partial charge in [-0.25, -0.2) is 0 Å². The van der Waals surface area contributed by atoms with Crippen LogP contribution in [0.25, 0.3) is 0 Å². The van der Waals surface area contributed by atoms with Gasteiger partial charge in [-0.3, -0.25) is 9.69 Å². The van der Waals surface area contributed by atoms with Crippen molar-refractivity contribution in [2.24, 2.45) is 0 Å². The summed E-state index contributed by atoms with van der Waals surface area (Å²) in [4.78, 5) is 14.9. The van der Waals surface area contributed by atoms with Crippen molar-refractivity contribution in [2.75, 3.05) is 13.1 Å². The molecule has 126 valence electrons. The Morgan fingerprint density at radius 2 is 1.67 bits per heavy atom. The van der Waals surface area contributed by atoms with Crippen molar-refractivity contribution in [2.45, 2.75) is 39.3 Å². The number of carbonyl (C=O) groups is 1. The lowest BCUT2D eigenvalue weighted by Gasteiger charge is -2.32. The van der Waals surface area contributed by atoms with E-state index in [-0.39, 0.29) is 11.9 Å². The van der Waals surface area contributed by atoms with Crippen LogP contribution in [-0.2, 0) is 6.54 Å². The first kappa shape index (κ1) is 16.7. The Morgan fingerprint density at radius 3 is 2.29 bits per heavy atom. The molecule has 0 unspecified atom stereocenters. The summed E-state index contributed by atoms with van der Waals surface area (Å²) in [7, 11) is 0. The van der Waals surface area contributed by atoms with E-state index >= 15 is 0 Å². The normalized spacial score (nSPS) is 16.1. The lowest BCUT2D eigenvalue weighted by molar-refractivity contribution is 0.0908. The molecule has 0 atom stereocenters. The van der Waals surface area contributed by atoms with E-state index in [1.54, 1.807) is 0 Å². The molecule has 1 fully saturated rings. The Labute approximate surface area is 144 Å². The highest BCUT2D eigenvalue weighted by Crippen LogP contribution is 2.15. The van der Waals surface area contributed by atoms with Gasteiger partial charge in [-0.1, -0.05) is 47.5 Å². The van der Waals surface area contributed by atoms with Gasteiger partial charge in [0.05, 0.1) is 0 Å². The number of amides is 1. The van der Waals surface area contributed by atoms with Crippen LogP contribution in [0.5, 0.6) is 0 Å². The van der Waals surface area contributed by atoms with Crippen LogP contribution in [-0.4, -0.2) is 29.9 Å². The van der Waals surface area contributed by atoms with Crippen LogP contribution in [0, 0.1) is 13.8 Å². The average molecular weight is 322 g/mol. The van der Waals surface area contributed by atoms with E-state index in [0.717, 1.165) is 49.2 Å². The van der Waals surface area contributed by atoms with Crippen molar-refractivity contribution in [3.63, 3.8) is 0 Å². The Hall–Kier alpha value is -2.13. The fourth-order valence-electron chi connectivity index (χ4n) is 3.45. The van der Waals surface area contributed by atoms with Crippen LogP contribution in [0.1, 0.15) is 39.9 Å². The summed E-state index contributed by atoms with van der Waals surface area (Å²) >= 11 is 0. The Bertz CT molecular complexity index is 668. The van der Waals surface area contributed by atoms with E-state index in [1.165, 1.54) is 5.56 Å². The van der Waals surface area contributed by atoms with Gasteiger partial charge in [0.15, 0.2) is 0 Å². The molecular formula is C21H26N2O. The van der Waals surface area contributed by atoms with Crippen molar-refractivity contribution < 1.29 is 4.79 Å². The summed E-state index contributed by atoms with van der Waals surface area (Å²) in [6.07, 6.45) is 2.03. The number of likely N-dealkylation sites (tertiary alicyclic amines) is 1. The van der Waals surface area contributed by atoms with Crippen LogP contribution in [0.3, 0.4) is 0 Å². The second-order valence-electron chi connectivity index (χ2n) is 6.89. The second kappa shape index (κ2) is 7.63. The van der Waals surface area contributed by atoms with Gasteiger partial charge >= 0.3 is 0 Å². The minimum Gasteiger partial charge on any atom is -0.349 e. The Kier molecular flexibility index (Phi) is 5.31. The Balaban J connectivity index is 1.51. The second-order valence-corrected chi connectivity index (χ2v) is 6.89. The van der Waals surface area contributed by atoms with Gasteiger partial charge in [-0.05, 0) is 44.4 Å². The molecule has 3 rings (SSSR count). The molecule has 0 aromatic heterocycles. The summed E-state index contributed by atoms with van der Waals surface area (Å²) in [5, 5.41) is 3.21. The molecule has 0 bridgehead atoms. The summed E-state index contributed by atoms with van der Waals surface area (Å²) in [5.74, 6) is 0.0586. The molecule has 0 saturated carbocycles. The number of hydrogen-bond acceptors (Lipinski definition) is 2. The van der Waals surface area contributed by atoms with E-state index < -0.39 is 0 Å². The van der Waals surface area contributed by atoms with Gasteiger partial charge in [0.2, 0.25) is 0 Å². The van der Waals surface area contributed by atoms with Crippen LogP contribution in [0.2, 0.25) is 0 Å². The molecule has 2 aromatic rings. The SMILES string of the molecule is Cc1cc(C)cc(C(=O)NC2CCN(Cc3ccccc3)CC2)c1. The maximum absolute atomic E-state index is 12.5. The lowest BCUT2D eigenvalue weighted by Crippen LogP contribution is -2.44. The van der Waals surface area contributed by atoms with Crippen molar-refractivity contribution in [1.29, 1.82) is 0 Å². The molecule has 1 saturated heterocycles. The number of carbonyl (C=O) groups excluding carboxylic acids is 1. The van der Waals surface area contributed by atoms with Crippen molar-refractivity contribution in [3.8, 4) is 0 Å². The van der Waals surface area contributed by atoms with E-state index in [1.807, 2.05) is 26.0 Å². The lowest BCUT2D eigenvalue weighted by atomic mass is 10.0. The number of nitrogens with one attached hydrogen (secondary N) is 1. The molecule has 0 spiro atoms. The molecule has 0 aliphatic carbocycles. The zero-order valence-electron chi connectivity index (χ0n) is 14.6. The number of aryl methyl sites for hydroxylation is 2. The maximum atomic E-state index is 12.5. The van der Waals surface area contributed by atoms with Gasteiger partial charge in [-0.2, -0.15) is 0 Å². The van der Waals surface area contributed by atoms with Gasteiger partial charge in [-0.15, -0.1) is 0 Å². The van der Waals surface area contributed by atoms with Gasteiger partial charge in [0, 0.05) is 31.2 Å². The highest BCUT2D eigenvalue weighted by Gasteiger charge is 2.21. The first-order chi connectivity index (χ1) is 11.6. The molecule has 2 aromatic carbocycles. The van der Waals surface area contributed by atoms with E-state index in [0.29, 0.717) is 0 Å². The molecule has 1 amide bonds. The van der Waals surface area contributed by atoms with Crippen molar-refractivity contribution in [1.82, 2.24) is 10.2 Å². The quantitative estimate of drug-likeness (QED) is 0.931. The van der Waals surface area contributed by atoms with Gasteiger partial charge in [0.1, 0.15) is 0 Å². The highest BCUT2D eigenvalue weighted by molar-refractivity contribution is 5.94. The van der Waals surface area contributed by atoms with Crippen molar-refractivity contribution in [3.05, 3.63) is 70.8 Å².